The van der Waals surface area contributed by atoms with Gasteiger partial charge in [-0.3, -0.25) is 10.1 Å². The van der Waals surface area contributed by atoms with Crippen LogP contribution in [0.4, 0.5) is 10.6 Å². The minimum atomic E-state index is -0.588. The number of allylic oxidation sites excluding steroid dienone is 1. The summed E-state index contributed by atoms with van der Waals surface area (Å²) in [7, 11) is 0. The molecule has 0 fully saturated rings. The molecule has 0 aliphatic rings. The van der Waals surface area contributed by atoms with Gasteiger partial charge < -0.3 is 4.74 Å². The number of hydrogen-bond donors (Lipinski definition) is 1. The molecule has 0 saturated carbocycles. The molecule has 0 aliphatic heterocycles. The first-order chi connectivity index (χ1) is 12.2. The Hall–Kier alpha value is -2.73. The van der Waals surface area contributed by atoms with Gasteiger partial charge in [0.2, 0.25) is 0 Å². The van der Waals surface area contributed by atoms with Gasteiger partial charge in [-0.15, -0.1) is 0 Å². The van der Waals surface area contributed by atoms with Crippen molar-refractivity contribution in [3.05, 3.63) is 65.1 Å². The molecule has 136 valence electrons. The van der Waals surface area contributed by atoms with Crippen LogP contribution in [-0.2, 0) is 11.2 Å². The number of anilines is 1. The maximum Gasteiger partial charge on any atom is 0.413 e. The molecular formula is C19H20ClN3O3. The van der Waals surface area contributed by atoms with Crippen molar-refractivity contribution in [3.8, 4) is 0 Å². The zero-order valence-corrected chi connectivity index (χ0v) is 15.6. The Morgan fingerprint density at radius 2 is 1.96 bits per heavy atom. The number of carbonyl (C=O) groups excluding carboxylic acids is 2. The highest BCUT2D eigenvalue weighted by atomic mass is 35.5. The van der Waals surface area contributed by atoms with Crippen LogP contribution >= 0.6 is 11.6 Å². The Morgan fingerprint density at radius 3 is 2.54 bits per heavy atom. The van der Waals surface area contributed by atoms with Crippen LogP contribution in [0.2, 0.25) is 5.15 Å². The van der Waals surface area contributed by atoms with E-state index in [1.807, 2.05) is 0 Å². The van der Waals surface area contributed by atoms with Crippen LogP contribution in [0.3, 0.4) is 0 Å². The van der Waals surface area contributed by atoms with Crippen LogP contribution in [0.1, 0.15) is 36.7 Å². The van der Waals surface area contributed by atoms with Crippen molar-refractivity contribution in [1.29, 1.82) is 0 Å². The van der Waals surface area contributed by atoms with Crippen molar-refractivity contribution in [2.75, 3.05) is 5.32 Å². The van der Waals surface area contributed by atoms with Crippen LogP contribution in [0.15, 0.2) is 48.8 Å². The van der Waals surface area contributed by atoms with Crippen LogP contribution in [0.5, 0.6) is 0 Å². The molecule has 0 spiro atoms. The zero-order chi connectivity index (χ0) is 19.3. The number of Topliss-reactive ketones (excluding diaryl/α,β-unsaturated/α-hetero) is 1. The molecule has 2 aromatic heterocycles. The fourth-order valence-corrected chi connectivity index (χ4v) is 2.29. The first kappa shape index (κ1) is 19.6. The molecular weight excluding hydrogens is 354 g/mol. The van der Waals surface area contributed by atoms with Crippen LogP contribution in [-0.4, -0.2) is 27.4 Å². The number of amides is 1. The van der Waals surface area contributed by atoms with Crippen LogP contribution < -0.4 is 5.32 Å². The second kappa shape index (κ2) is 8.10. The van der Waals surface area contributed by atoms with Gasteiger partial charge in [-0.1, -0.05) is 24.2 Å². The topological polar surface area (TPSA) is 81.2 Å². The molecule has 26 heavy (non-hydrogen) atoms. The lowest BCUT2D eigenvalue weighted by atomic mass is 10.0. The van der Waals surface area contributed by atoms with Crippen molar-refractivity contribution in [3.63, 3.8) is 0 Å². The average molecular weight is 374 g/mol. The van der Waals surface area contributed by atoms with E-state index in [1.54, 1.807) is 51.2 Å². The highest BCUT2D eigenvalue weighted by Crippen LogP contribution is 2.18. The number of nitrogens with one attached hydrogen (secondary N) is 1. The third-order valence-electron chi connectivity index (χ3n) is 3.20. The molecule has 7 heteroatoms. The predicted octanol–water partition coefficient (Wildman–Crippen LogP) is 4.46. The number of hydrogen-bond acceptors (Lipinski definition) is 5. The lowest BCUT2D eigenvalue weighted by Gasteiger charge is -2.19. The summed E-state index contributed by atoms with van der Waals surface area (Å²) in [4.78, 5) is 32.2. The van der Waals surface area contributed by atoms with Gasteiger partial charge in [0.1, 0.15) is 16.6 Å². The van der Waals surface area contributed by atoms with E-state index in [9.17, 15) is 9.59 Å². The lowest BCUT2D eigenvalue weighted by molar-refractivity contribution is 0.0635. The molecule has 6 nitrogen and oxygen atoms in total. The summed E-state index contributed by atoms with van der Waals surface area (Å²) in [5.74, 6) is 0.0919. The number of nitrogens with zero attached hydrogens (tertiary/aromatic N) is 2. The Labute approximate surface area is 157 Å². The summed E-state index contributed by atoms with van der Waals surface area (Å²) in [5.41, 5.74) is 0.874. The van der Waals surface area contributed by atoms with Crippen molar-refractivity contribution in [2.45, 2.75) is 32.8 Å². The fourth-order valence-electron chi connectivity index (χ4n) is 2.08. The molecule has 2 rings (SSSR count). The molecule has 0 bridgehead atoms. The summed E-state index contributed by atoms with van der Waals surface area (Å²) in [6, 6.07) is 6.64. The molecule has 0 saturated heterocycles. The van der Waals surface area contributed by atoms with E-state index in [-0.39, 0.29) is 10.9 Å². The van der Waals surface area contributed by atoms with Crippen LogP contribution in [0.25, 0.3) is 0 Å². The predicted molar refractivity (Wildman–Crippen MR) is 101 cm³/mol. The van der Waals surface area contributed by atoms with Crippen molar-refractivity contribution < 1.29 is 14.3 Å². The van der Waals surface area contributed by atoms with Gasteiger partial charge in [0.15, 0.2) is 5.78 Å². The third-order valence-corrected chi connectivity index (χ3v) is 3.50. The Balaban J connectivity index is 1.98. The van der Waals surface area contributed by atoms with E-state index < -0.39 is 11.7 Å². The summed E-state index contributed by atoms with van der Waals surface area (Å²) in [6.45, 7) is 9.16. The van der Waals surface area contributed by atoms with Gasteiger partial charge in [0.25, 0.3) is 0 Å². The van der Waals surface area contributed by atoms with E-state index in [2.05, 4.69) is 21.9 Å². The van der Waals surface area contributed by atoms with Crippen molar-refractivity contribution >= 4 is 29.3 Å². The summed E-state index contributed by atoms with van der Waals surface area (Å²) < 4.78 is 5.16. The average Bonchev–Trinajstić information content (AvgIpc) is 2.54. The smallest absolute Gasteiger partial charge is 0.413 e. The van der Waals surface area contributed by atoms with Gasteiger partial charge in [-0.25, -0.2) is 14.8 Å². The molecule has 2 aromatic rings. The Bertz CT molecular complexity index is 827. The van der Waals surface area contributed by atoms with E-state index in [4.69, 9.17) is 16.3 Å². The monoisotopic (exact) mass is 373 g/mol. The molecule has 0 aliphatic carbocycles. The summed E-state index contributed by atoms with van der Waals surface area (Å²) in [6.07, 6.45) is 2.81. The van der Waals surface area contributed by atoms with Crippen LogP contribution in [0, 0.1) is 0 Å². The summed E-state index contributed by atoms with van der Waals surface area (Å²) >= 11 is 5.94. The van der Waals surface area contributed by atoms with Gasteiger partial charge in [0.05, 0.1) is 5.56 Å². The molecule has 0 aromatic carbocycles. The maximum absolute atomic E-state index is 12.4. The van der Waals surface area contributed by atoms with E-state index in [1.165, 1.54) is 6.20 Å². The number of pyridine rings is 2. The fraction of sp³-hybridized carbons (Fsp3) is 0.263. The van der Waals surface area contributed by atoms with E-state index in [0.717, 1.165) is 5.56 Å². The Kier molecular flexibility index (Phi) is 6.10. The largest absolute Gasteiger partial charge is 0.444 e. The van der Waals surface area contributed by atoms with Gasteiger partial charge in [-0.2, -0.15) is 0 Å². The molecule has 2 heterocycles. The maximum atomic E-state index is 12.4. The number of rotatable bonds is 5. The lowest BCUT2D eigenvalue weighted by Crippen LogP contribution is -2.27. The SMILES string of the molecule is C=C(Cc1ccc(NC(=O)OC(C)(C)C)nc1)C(=O)c1cccnc1Cl. The van der Waals surface area contributed by atoms with E-state index in [0.29, 0.717) is 23.4 Å². The molecule has 1 N–H and O–H groups in total. The molecule has 1 amide bonds. The number of ether oxygens (including phenoxy) is 1. The first-order valence-corrected chi connectivity index (χ1v) is 8.31. The van der Waals surface area contributed by atoms with Gasteiger partial charge in [0, 0.05) is 18.8 Å². The van der Waals surface area contributed by atoms with Crippen molar-refractivity contribution in [1.82, 2.24) is 9.97 Å². The third kappa shape index (κ3) is 5.67. The van der Waals surface area contributed by atoms with Gasteiger partial charge >= 0.3 is 6.09 Å². The quantitative estimate of drug-likeness (QED) is 0.475. The van der Waals surface area contributed by atoms with Crippen molar-refractivity contribution in [2.24, 2.45) is 0 Å². The molecule has 0 atom stereocenters. The normalized spacial score (nSPS) is 10.9. The second-order valence-electron chi connectivity index (χ2n) is 6.63. The highest BCUT2D eigenvalue weighted by molar-refractivity contribution is 6.33. The minimum Gasteiger partial charge on any atom is -0.444 e. The van der Waals surface area contributed by atoms with Gasteiger partial charge in [-0.05, 0) is 50.1 Å². The number of aromatic nitrogens is 2. The zero-order valence-electron chi connectivity index (χ0n) is 14.9. The number of carbonyl (C=O) groups is 2. The first-order valence-electron chi connectivity index (χ1n) is 7.93. The highest BCUT2D eigenvalue weighted by Gasteiger charge is 2.17. The summed E-state index contributed by atoms with van der Waals surface area (Å²) in [5, 5.41) is 2.69. The van der Waals surface area contributed by atoms with E-state index >= 15 is 0 Å². The molecule has 0 unspecified atom stereocenters. The number of ketones is 1. The second-order valence-corrected chi connectivity index (χ2v) is 6.99. The standard InChI is InChI=1S/C19H20ClN3O3/c1-12(16(24)14-6-5-9-21-17(14)20)10-13-7-8-15(22-11-13)23-18(25)26-19(2,3)4/h5-9,11H,1,10H2,2-4H3,(H,22,23,25). The minimum absolute atomic E-state index is 0.147. The number of halogens is 1. The molecule has 0 radical (unpaired) electrons. The Morgan fingerprint density at radius 1 is 1.23 bits per heavy atom.